The van der Waals surface area contributed by atoms with Gasteiger partial charge in [-0.3, -0.25) is 0 Å². The summed E-state index contributed by atoms with van der Waals surface area (Å²) in [6.07, 6.45) is 0.874. The van der Waals surface area contributed by atoms with Crippen LogP contribution in [0.15, 0.2) is 29.6 Å². The first-order valence-corrected chi connectivity index (χ1v) is 7.54. The molecule has 0 aliphatic carbocycles. The highest BCUT2D eigenvalue weighted by atomic mass is 35.5. The molecule has 1 aromatic heterocycles. The topological polar surface area (TPSA) is 12.0 Å². The Morgan fingerprint density at radius 3 is 2.56 bits per heavy atom. The molecule has 2 aromatic rings. The number of benzene rings is 1. The minimum absolute atomic E-state index is 0.669. The van der Waals surface area contributed by atoms with Crippen LogP contribution in [0.1, 0.15) is 10.4 Å². The predicted molar refractivity (Wildman–Crippen MR) is 81.2 cm³/mol. The van der Waals surface area contributed by atoms with Gasteiger partial charge in [-0.2, -0.15) is 0 Å². The average Bonchev–Trinajstić information content (AvgIpc) is 2.73. The lowest BCUT2D eigenvalue weighted by Crippen LogP contribution is -2.16. The molecule has 0 aliphatic heterocycles. The van der Waals surface area contributed by atoms with E-state index in [1.807, 2.05) is 23.6 Å². The Morgan fingerprint density at radius 2 is 1.89 bits per heavy atom. The van der Waals surface area contributed by atoms with Gasteiger partial charge in [-0.05, 0) is 42.1 Å². The van der Waals surface area contributed by atoms with Crippen molar-refractivity contribution in [2.75, 3.05) is 6.54 Å². The summed E-state index contributed by atoms with van der Waals surface area (Å²) in [6.45, 7) is 1.65. The molecule has 0 radical (unpaired) electrons. The zero-order chi connectivity index (χ0) is 13.0. The van der Waals surface area contributed by atoms with Crippen LogP contribution in [0.3, 0.4) is 0 Å². The van der Waals surface area contributed by atoms with Crippen molar-refractivity contribution in [3.63, 3.8) is 0 Å². The maximum atomic E-state index is 6.10. The molecule has 5 heteroatoms. The van der Waals surface area contributed by atoms with Gasteiger partial charge in [-0.15, -0.1) is 11.3 Å². The van der Waals surface area contributed by atoms with Crippen molar-refractivity contribution in [3.05, 3.63) is 55.2 Å². The second-order valence-corrected chi connectivity index (χ2v) is 6.11. The van der Waals surface area contributed by atoms with Crippen LogP contribution in [0.5, 0.6) is 0 Å². The third-order valence-corrected chi connectivity index (χ3v) is 4.54. The Labute approximate surface area is 126 Å². The molecule has 0 spiro atoms. The number of nitrogens with one attached hydrogen (secondary N) is 1. The number of thiophene rings is 1. The van der Waals surface area contributed by atoms with Crippen LogP contribution < -0.4 is 5.32 Å². The fourth-order valence-corrected chi connectivity index (χ4v) is 3.18. The van der Waals surface area contributed by atoms with Crippen LogP contribution in [0, 0.1) is 0 Å². The van der Waals surface area contributed by atoms with Gasteiger partial charge in [-0.25, -0.2) is 0 Å². The number of hydrogen-bond acceptors (Lipinski definition) is 2. The molecule has 0 atom stereocenters. The highest BCUT2D eigenvalue weighted by molar-refractivity contribution is 7.10. The highest BCUT2D eigenvalue weighted by Crippen LogP contribution is 2.22. The Morgan fingerprint density at radius 1 is 1.06 bits per heavy atom. The normalized spacial score (nSPS) is 10.8. The molecule has 1 heterocycles. The molecule has 0 amide bonds. The maximum absolute atomic E-state index is 6.10. The third kappa shape index (κ3) is 3.87. The van der Waals surface area contributed by atoms with Crippen LogP contribution in [0.4, 0.5) is 0 Å². The summed E-state index contributed by atoms with van der Waals surface area (Å²) >= 11 is 19.6. The number of rotatable bonds is 5. The molecule has 1 nitrogen and oxygen atoms in total. The van der Waals surface area contributed by atoms with Crippen LogP contribution >= 0.6 is 46.1 Å². The van der Waals surface area contributed by atoms with Crippen LogP contribution in [0.25, 0.3) is 0 Å². The van der Waals surface area contributed by atoms with Crippen molar-refractivity contribution in [3.8, 4) is 0 Å². The van der Waals surface area contributed by atoms with E-state index < -0.39 is 0 Å². The van der Waals surface area contributed by atoms with Gasteiger partial charge in [0.2, 0.25) is 0 Å². The minimum atomic E-state index is 0.669. The zero-order valence-corrected chi connectivity index (χ0v) is 12.6. The van der Waals surface area contributed by atoms with Crippen LogP contribution in [0.2, 0.25) is 15.1 Å². The lowest BCUT2D eigenvalue weighted by Gasteiger charge is -2.06. The molecule has 0 fully saturated rings. The summed E-state index contributed by atoms with van der Waals surface area (Å²) in [5, 5.41) is 7.57. The van der Waals surface area contributed by atoms with Gasteiger partial charge < -0.3 is 5.32 Å². The fourth-order valence-electron chi connectivity index (χ4n) is 1.60. The van der Waals surface area contributed by atoms with E-state index in [2.05, 4.69) is 5.32 Å². The molecule has 0 aliphatic rings. The van der Waals surface area contributed by atoms with E-state index in [1.54, 1.807) is 17.4 Å². The Balaban J connectivity index is 1.80. The van der Waals surface area contributed by atoms with E-state index in [9.17, 15) is 0 Å². The Hall–Kier alpha value is -0.250. The van der Waals surface area contributed by atoms with Gasteiger partial charge in [-0.1, -0.05) is 40.9 Å². The average molecular weight is 321 g/mol. The minimum Gasteiger partial charge on any atom is -0.311 e. The molecule has 0 saturated carbocycles. The van der Waals surface area contributed by atoms with Gasteiger partial charge in [0.1, 0.15) is 0 Å². The van der Waals surface area contributed by atoms with Gasteiger partial charge in [0, 0.05) is 21.5 Å². The summed E-state index contributed by atoms with van der Waals surface area (Å²) in [7, 11) is 0. The molecule has 2 rings (SSSR count). The van der Waals surface area contributed by atoms with E-state index in [0.717, 1.165) is 35.1 Å². The molecule has 0 bridgehead atoms. The van der Waals surface area contributed by atoms with Gasteiger partial charge in [0.15, 0.2) is 0 Å². The third-order valence-electron chi connectivity index (χ3n) is 2.56. The van der Waals surface area contributed by atoms with Crippen LogP contribution in [-0.2, 0) is 13.0 Å². The van der Waals surface area contributed by atoms with E-state index >= 15 is 0 Å². The molecule has 96 valence electrons. The molecular weight excluding hydrogens is 309 g/mol. The fraction of sp³-hybridized carbons (Fsp3) is 0.231. The smallest absolute Gasteiger partial charge is 0.0558 e. The van der Waals surface area contributed by atoms with E-state index in [1.165, 1.54) is 4.88 Å². The number of hydrogen-bond donors (Lipinski definition) is 1. The second kappa shape index (κ2) is 6.78. The van der Waals surface area contributed by atoms with Gasteiger partial charge in [0.25, 0.3) is 0 Å². The largest absolute Gasteiger partial charge is 0.311 e. The van der Waals surface area contributed by atoms with E-state index in [0.29, 0.717) is 5.02 Å². The monoisotopic (exact) mass is 319 g/mol. The molecule has 1 aromatic carbocycles. The van der Waals surface area contributed by atoms with Crippen molar-refractivity contribution >= 4 is 46.1 Å². The Kier molecular flexibility index (Phi) is 5.34. The van der Waals surface area contributed by atoms with Crippen molar-refractivity contribution in [1.29, 1.82) is 0 Å². The standard InChI is InChI=1S/C13H12Cl3NS/c14-10-2-1-9(12(16)7-10)3-5-17-8-13-11(15)4-6-18-13/h1-2,4,6-7,17H,3,5,8H2. The first-order valence-electron chi connectivity index (χ1n) is 5.53. The zero-order valence-electron chi connectivity index (χ0n) is 9.55. The van der Waals surface area contributed by atoms with Crippen LogP contribution in [-0.4, -0.2) is 6.54 Å². The molecule has 0 unspecified atom stereocenters. The van der Waals surface area contributed by atoms with Gasteiger partial charge >= 0.3 is 0 Å². The molecule has 0 saturated heterocycles. The van der Waals surface area contributed by atoms with Crippen molar-refractivity contribution in [1.82, 2.24) is 5.32 Å². The SMILES string of the molecule is Clc1ccc(CCNCc2sccc2Cl)c(Cl)c1. The summed E-state index contributed by atoms with van der Waals surface area (Å²) in [6, 6.07) is 7.51. The quantitative estimate of drug-likeness (QED) is 0.761. The molecule has 18 heavy (non-hydrogen) atoms. The lowest BCUT2D eigenvalue weighted by molar-refractivity contribution is 0.694. The first kappa shape index (κ1) is 14.2. The summed E-state index contributed by atoms with van der Waals surface area (Å²) in [4.78, 5) is 1.17. The number of halogens is 3. The summed E-state index contributed by atoms with van der Waals surface area (Å²) in [5.41, 5.74) is 1.10. The summed E-state index contributed by atoms with van der Waals surface area (Å²) < 4.78 is 0. The molecule has 1 N–H and O–H groups in total. The first-order chi connectivity index (χ1) is 8.66. The van der Waals surface area contributed by atoms with E-state index in [4.69, 9.17) is 34.8 Å². The van der Waals surface area contributed by atoms with E-state index in [-0.39, 0.29) is 0 Å². The summed E-state index contributed by atoms with van der Waals surface area (Å²) in [5.74, 6) is 0. The maximum Gasteiger partial charge on any atom is 0.0558 e. The van der Waals surface area contributed by atoms with Crippen molar-refractivity contribution in [2.45, 2.75) is 13.0 Å². The van der Waals surface area contributed by atoms with Crippen molar-refractivity contribution < 1.29 is 0 Å². The predicted octanol–water partition coefficient (Wildman–Crippen LogP) is 5.04. The van der Waals surface area contributed by atoms with Gasteiger partial charge in [0.05, 0.1) is 5.02 Å². The second-order valence-electron chi connectivity index (χ2n) is 3.85. The lowest BCUT2D eigenvalue weighted by atomic mass is 10.1. The molecular formula is C13H12Cl3NS. The van der Waals surface area contributed by atoms with Crippen molar-refractivity contribution in [2.24, 2.45) is 0 Å². The Bertz CT molecular complexity index is 525. The highest BCUT2D eigenvalue weighted by Gasteiger charge is 2.03.